The Bertz CT molecular complexity index is 1130. The quantitative estimate of drug-likeness (QED) is 0.396. The van der Waals surface area contributed by atoms with Crippen LogP contribution in [0.4, 0.5) is 0 Å². The highest BCUT2D eigenvalue weighted by Crippen LogP contribution is 2.36. The molecule has 0 saturated carbocycles. The molecule has 0 radical (unpaired) electrons. The summed E-state index contributed by atoms with van der Waals surface area (Å²) in [7, 11) is 0. The molecule has 3 aromatic carbocycles. The fraction of sp³-hybridized carbons (Fsp3) is 0.276. The minimum absolute atomic E-state index is 0.0390. The first-order valence-corrected chi connectivity index (χ1v) is 11.7. The lowest BCUT2D eigenvalue weighted by Gasteiger charge is -2.26. The molecule has 0 fully saturated rings. The maximum absolute atomic E-state index is 12.6. The van der Waals surface area contributed by atoms with E-state index in [0.717, 1.165) is 57.4 Å². The number of nitrogens with one attached hydrogen (secondary N) is 1. The predicted molar refractivity (Wildman–Crippen MR) is 132 cm³/mol. The molecule has 0 aromatic heterocycles. The van der Waals surface area contributed by atoms with Gasteiger partial charge in [-0.1, -0.05) is 66.7 Å². The number of unbranched alkanes of at least 4 members (excludes halogenated alkanes) is 1. The molecule has 1 aliphatic heterocycles. The Kier molecular flexibility index (Phi) is 6.17. The van der Waals surface area contributed by atoms with Crippen molar-refractivity contribution in [2.75, 3.05) is 26.2 Å². The van der Waals surface area contributed by atoms with Gasteiger partial charge in [-0.05, 0) is 77.8 Å². The molecule has 0 bridgehead atoms. The number of hydrogen-bond donors (Lipinski definition) is 1. The lowest BCUT2D eigenvalue weighted by Crippen LogP contribution is -2.30. The van der Waals surface area contributed by atoms with Crippen molar-refractivity contribution in [3.8, 4) is 11.1 Å². The monoisotopic (exact) mass is 422 g/mol. The van der Waals surface area contributed by atoms with Crippen molar-refractivity contribution in [3.63, 3.8) is 0 Å². The van der Waals surface area contributed by atoms with Gasteiger partial charge in [0.25, 0.3) is 5.91 Å². The van der Waals surface area contributed by atoms with E-state index in [1.54, 1.807) is 0 Å². The first kappa shape index (κ1) is 20.7. The van der Waals surface area contributed by atoms with Crippen LogP contribution in [0.3, 0.4) is 0 Å². The molecule has 2 aliphatic rings. The minimum Gasteiger partial charge on any atom is -0.352 e. The largest absolute Gasteiger partial charge is 0.352 e. The molecular formula is C29H30N2O. The van der Waals surface area contributed by atoms with E-state index in [1.165, 1.54) is 33.4 Å². The minimum atomic E-state index is 0.0390. The van der Waals surface area contributed by atoms with E-state index in [-0.39, 0.29) is 5.91 Å². The Morgan fingerprint density at radius 2 is 1.69 bits per heavy atom. The van der Waals surface area contributed by atoms with Gasteiger partial charge in [-0.3, -0.25) is 9.69 Å². The van der Waals surface area contributed by atoms with Crippen LogP contribution in [0.5, 0.6) is 0 Å². The second kappa shape index (κ2) is 9.54. The first-order valence-electron chi connectivity index (χ1n) is 11.7. The summed E-state index contributed by atoms with van der Waals surface area (Å²) in [5.41, 5.74) is 8.76. The summed E-state index contributed by atoms with van der Waals surface area (Å²) in [5.74, 6) is 0.0390. The van der Waals surface area contributed by atoms with Gasteiger partial charge in [0.05, 0.1) is 0 Å². The van der Waals surface area contributed by atoms with E-state index in [2.05, 4.69) is 83.0 Å². The van der Waals surface area contributed by atoms with Crippen LogP contribution in [0.25, 0.3) is 16.7 Å². The van der Waals surface area contributed by atoms with Crippen molar-refractivity contribution in [2.45, 2.75) is 25.7 Å². The molecule has 0 unspecified atom stereocenters. The normalized spacial score (nSPS) is 15.1. The summed E-state index contributed by atoms with van der Waals surface area (Å²) in [6.07, 6.45) is 6.51. The fourth-order valence-electron chi connectivity index (χ4n) is 4.88. The topological polar surface area (TPSA) is 32.3 Å². The molecule has 3 heteroatoms. The van der Waals surface area contributed by atoms with E-state index in [0.29, 0.717) is 0 Å². The van der Waals surface area contributed by atoms with Gasteiger partial charge in [-0.2, -0.15) is 0 Å². The summed E-state index contributed by atoms with van der Waals surface area (Å²) < 4.78 is 0. The number of fused-ring (bicyclic) bond motifs is 3. The third-order valence-electron chi connectivity index (χ3n) is 6.68. The van der Waals surface area contributed by atoms with E-state index < -0.39 is 0 Å². The molecule has 5 rings (SSSR count). The van der Waals surface area contributed by atoms with Gasteiger partial charge in [0.2, 0.25) is 0 Å². The number of nitrogens with zero attached hydrogens (tertiary/aromatic N) is 1. The second-order valence-electron chi connectivity index (χ2n) is 8.81. The molecule has 0 saturated heterocycles. The molecule has 1 heterocycles. The molecule has 3 aromatic rings. The van der Waals surface area contributed by atoms with Crippen LogP contribution in [-0.2, 0) is 6.42 Å². The highest BCUT2D eigenvalue weighted by Gasteiger charge is 2.19. The number of amides is 1. The number of carbonyl (C=O) groups is 1. The average molecular weight is 423 g/mol. The summed E-state index contributed by atoms with van der Waals surface area (Å²) in [5, 5.41) is 3.11. The zero-order valence-electron chi connectivity index (χ0n) is 18.5. The van der Waals surface area contributed by atoms with Crippen LogP contribution in [0, 0.1) is 0 Å². The highest BCUT2D eigenvalue weighted by atomic mass is 16.1. The van der Waals surface area contributed by atoms with Crippen molar-refractivity contribution in [3.05, 3.63) is 101 Å². The number of benzene rings is 3. The summed E-state index contributed by atoms with van der Waals surface area (Å²) in [4.78, 5) is 15.1. The van der Waals surface area contributed by atoms with Crippen molar-refractivity contribution < 1.29 is 4.79 Å². The summed E-state index contributed by atoms with van der Waals surface area (Å²) in [6, 6.07) is 25.3. The SMILES string of the molecule is O=C(NCCCCN1CC=C(c2ccccc2)CC1)c1ccc2c(c1)Cc1ccccc1-2. The zero-order chi connectivity index (χ0) is 21.8. The highest BCUT2D eigenvalue weighted by molar-refractivity contribution is 5.95. The van der Waals surface area contributed by atoms with Crippen molar-refractivity contribution in [1.82, 2.24) is 10.2 Å². The maximum Gasteiger partial charge on any atom is 0.251 e. The number of hydrogen-bond acceptors (Lipinski definition) is 2. The van der Waals surface area contributed by atoms with E-state index in [4.69, 9.17) is 0 Å². The molecule has 0 atom stereocenters. The second-order valence-corrected chi connectivity index (χ2v) is 8.81. The van der Waals surface area contributed by atoms with Gasteiger partial charge in [-0.15, -0.1) is 0 Å². The molecule has 1 amide bonds. The van der Waals surface area contributed by atoms with Gasteiger partial charge in [-0.25, -0.2) is 0 Å². The predicted octanol–water partition coefficient (Wildman–Crippen LogP) is 5.56. The standard InChI is InChI=1S/C29H30N2O/c32-29(25-12-13-28-26(21-25)20-24-10-4-5-11-27(24)28)30-16-6-7-17-31-18-14-23(15-19-31)22-8-2-1-3-9-22/h1-5,8-14,21H,6-7,15-20H2,(H,30,32). The van der Waals surface area contributed by atoms with Crippen molar-refractivity contribution in [1.29, 1.82) is 0 Å². The molecule has 1 aliphatic carbocycles. The zero-order valence-corrected chi connectivity index (χ0v) is 18.5. The van der Waals surface area contributed by atoms with E-state index in [9.17, 15) is 4.79 Å². The van der Waals surface area contributed by atoms with Crippen LogP contribution in [0.15, 0.2) is 78.9 Å². The van der Waals surface area contributed by atoms with Gasteiger partial charge in [0, 0.05) is 25.2 Å². The van der Waals surface area contributed by atoms with Gasteiger partial charge < -0.3 is 5.32 Å². The Labute approximate surface area is 190 Å². The Morgan fingerprint density at radius 3 is 2.53 bits per heavy atom. The van der Waals surface area contributed by atoms with Crippen molar-refractivity contribution in [2.24, 2.45) is 0 Å². The lowest BCUT2D eigenvalue weighted by molar-refractivity contribution is 0.0952. The smallest absolute Gasteiger partial charge is 0.251 e. The van der Waals surface area contributed by atoms with Crippen LogP contribution in [0.1, 0.15) is 46.3 Å². The first-order chi connectivity index (χ1) is 15.8. The Hall–Kier alpha value is -3.17. The average Bonchev–Trinajstić information content (AvgIpc) is 3.22. The lowest BCUT2D eigenvalue weighted by atomic mass is 9.99. The molecule has 32 heavy (non-hydrogen) atoms. The third-order valence-corrected chi connectivity index (χ3v) is 6.68. The third kappa shape index (κ3) is 4.53. The van der Waals surface area contributed by atoms with Gasteiger partial charge in [0.1, 0.15) is 0 Å². The number of rotatable bonds is 7. The molecule has 0 spiro atoms. The van der Waals surface area contributed by atoms with E-state index in [1.807, 2.05) is 6.07 Å². The van der Waals surface area contributed by atoms with Crippen LogP contribution < -0.4 is 5.32 Å². The summed E-state index contributed by atoms with van der Waals surface area (Å²) in [6.45, 7) is 3.96. The van der Waals surface area contributed by atoms with E-state index >= 15 is 0 Å². The molecule has 3 nitrogen and oxygen atoms in total. The van der Waals surface area contributed by atoms with Crippen molar-refractivity contribution >= 4 is 11.5 Å². The summed E-state index contributed by atoms with van der Waals surface area (Å²) >= 11 is 0. The maximum atomic E-state index is 12.6. The molecule has 162 valence electrons. The Balaban J connectivity index is 1.05. The van der Waals surface area contributed by atoms with Gasteiger partial charge >= 0.3 is 0 Å². The fourth-order valence-corrected chi connectivity index (χ4v) is 4.88. The molecular weight excluding hydrogens is 392 g/mol. The molecule has 1 N–H and O–H groups in total. The van der Waals surface area contributed by atoms with Gasteiger partial charge in [0.15, 0.2) is 0 Å². The van der Waals surface area contributed by atoms with Crippen LogP contribution in [-0.4, -0.2) is 37.0 Å². The van der Waals surface area contributed by atoms with Crippen LogP contribution >= 0.6 is 0 Å². The Morgan fingerprint density at radius 1 is 0.875 bits per heavy atom. The van der Waals surface area contributed by atoms with Crippen LogP contribution in [0.2, 0.25) is 0 Å². The number of carbonyl (C=O) groups excluding carboxylic acids is 1.